The molecule has 0 bridgehead atoms. The number of ether oxygens (including phenoxy) is 2. The van der Waals surface area contributed by atoms with Crippen LogP contribution in [-0.2, 0) is 10.2 Å². The van der Waals surface area contributed by atoms with Crippen LogP contribution in [0.1, 0.15) is 58.6 Å². The van der Waals surface area contributed by atoms with E-state index >= 15 is 0 Å². The molecule has 9 nitrogen and oxygen atoms in total. The number of benzene rings is 2. The van der Waals surface area contributed by atoms with E-state index in [1.807, 2.05) is 75.4 Å². The largest absolute Gasteiger partial charge is 0.481 e. The van der Waals surface area contributed by atoms with Crippen molar-refractivity contribution in [1.82, 2.24) is 19.4 Å². The van der Waals surface area contributed by atoms with Gasteiger partial charge in [0.05, 0.1) is 29.4 Å². The van der Waals surface area contributed by atoms with Crippen molar-refractivity contribution >= 4 is 34.8 Å². The highest BCUT2D eigenvalue weighted by Gasteiger charge is 2.26. The molecule has 1 fully saturated rings. The second kappa shape index (κ2) is 12.1. The summed E-state index contributed by atoms with van der Waals surface area (Å²) in [6, 6.07) is 19.4. The summed E-state index contributed by atoms with van der Waals surface area (Å²) in [5.74, 6) is 1.00. The lowest BCUT2D eigenvalue weighted by molar-refractivity contribution is 0.0240. The lowest BCUT2D eigenvalue weighted by Gasteiger charge is -2.36. The molecule has 0 atom stereocenters. The highest BCUT2D eigenvalue weighted by atomic mass is 16.6. The lowest BCUT2D eigenvalue weighted by Crippen LogP contribution is -2.50. The summed E-state index contributed by atoms with van der Waals surface area (Å²) in [6.07, 6.45) is 3.35. The molecule has 44 heavy (non-hydrogen) atoms. The third-order valence-electron chi connectivity index (χ3n) is 7.50. The predicted octanol–water partition coefficient (Wildman–Crippen LogP) is 6.31. The number of fused-ring (bicyclic) bond motifs is 1. The minimum absolute atomic E-state index is 0.0982. The number of amides is 1. The Labute approximate surface area is 258 Å². The fourth-order valence-corrected chi connectivity index (χ4v) is 5.13. The van der Waals surface area contributed by atoms with Crippen LogP contribution in [0.4, 0.5) is 10.5 Å². The van der Waals surface area contributed by atoms with Crippen molar-refractivity contribution in [2.75, 3.05) is 38.2 Å². The Morgan fingerprint density at radius 2 is 1.57 bits per heavy atom. The molecule has 2 aromatic heterocycles. The molecule has 4 aromatic rings. The molecule has 0 radical (unpaired) electrons. The number of hydrogen-bond donors (Lipinski definition) is 0. The molecule has 0 spiro atoms. The number of aromatic nitrogens is 3. The minimum atomic E-state index is -0.537. The van der Waals surface area contributed by atoms with Gasteiger partial charge in [0.15, 0.2) is 0 Å². The Hall–Kier alpha value is -4.66. The van der Waals surface area contributed by atoms with Crippen LogP contribution in [0.15, 0.2) is 65.5 Å². The standard InChI is InChI=1S/C35H41N5O4/c1-34(2,3)24-10-8-12-27(22-24)40-30(17-14-25-11-9-13-31(36-25)43-7)37-29-16-15-26(23-28(29)32(40)41)38-18-20-39(21-19-38)33(42)44-35(4,5)6/h8-17,22-23H,18-21H2,1-7H3/b17-14+. The molecule has 0 saturated carbocycles. The van der Waals surface area contributed by atoms with Gasteiger partial charge in [-0.1, -0.05) is 39.0 Å². The van der Waals surface area contributed by atoms with Gasteiger partial charge in [-0.25, -0.2) is 14.8 Å². The van der Waals surface area contributed by atoms with Crippen molar-refractivity contribution in [2.24, 2.45) is 0 Å². The molecule has 1 aliphatic rings. The zero-order valence-electron chi connectivity index (χ0n) is 26.6. The van der Waals surface area contributed by atoms with Gasteiger partial charge in [0.1, 0.15) is 11.4 Å². The maximum Gasteiger partial charge on any atom is 0.410 e. The normalized spacial score (nSPS) is 14.3. The van der Waals surface area contributed by atoms with Crippen molar-refractivity contribution in [1.29, 1.82) is 0 Å². The molecule has 3 heterocycles. The highest BCUT2D eigenvalue weighted by Crippen LogP contribution is 2.26. The van der Waals surface area contributed by atoms with E-state index in [0.29, 0.717) is 54.5 Å². The molecule has 1 aliphatic heterocycles. The van der Waals surface area contributed by atoms with Gasteiger partial charge in [0, 0.05) is 37.9 Å². The number of rotatable bonds is 5. The number of pyridine rings is 1. The van der Waals surface area contributed by atoms with Crippen LogP contribution in [0, 0.1) is 0 Å². The zero-order chi connectivity index (χ0) is 31.6. The van der Waals surface area contributed by atoms with Gasteiger partial charge in [-0.15, -0.1) is 0 Å². The average molecular weight is 596 g/mol. The van der Waals surface area contributed by atoms with Gasteiger partial charge in [0.2, 0.25) is 5.88 Å². The first-order valence-electron chi connectivity index (χ1n) is 14.9. The molecule has 0 unspecified atom stereocenters. The Morgan fingerprint density at radius 1 is 0.841 bits per heavy atom. The Bertz CT molecular complexity index is 1760. The molecule has 9 heteroatoms. The summed E-state index contributed by atoms with van der Waals surface area (Å²) in [5.41, 5.74) is 3.27. The molecule has 0 aliphatic carbocycles. The van der Waals surface area contributed by atoms with Gasteiger partial charge in [0.25, 0.3) is 5.56 Å². The lowest BCUT2D eigenvalue weighted by atomic mass is 9.87. The van der Waals surface area contributed by atoms with Gasteiger partial charge < -0.3 is 19.3 Å². The number of piperazine rings is 1. The van der Waals surface area contributed by atoms with Crippen molar-refractivity contribution in [3.8, 4) is 11.6 Å². The summed E-state index contributed by atoms with van der Waals surface area (Å²) < 4.78 is 12.5. The first-order chi connectivity index (χ1) is 20.8. The number of nitrogens with zero attached hydrogens (tertiary/aromatic N) is 5. The molecular weight excluding hydrogens is 554 g/mol. The number of anilines is 1. The summed E-state index contributed by atoms with van der Waals surface area (Å²) >= 11 is 0. The third kappa shape index (κ3) is 6.93. The van der Waals surface area contributed by atoms with Crippen LogP contribution in [0.3, 0.4) is 0 Å². The zero-order valence-corrected chi connectivity index (χ0v) is 26.6. The van der Waals surface area contributed by atoms with Crippen LogP contribution in [-0.4, -0.2) is 64.4 Å². The quantitative estimate of drug-likeness (QED) is 0.267. The monoisotopic (exact) mass is 595 g/mol. The number of carbonyl (C=O) groups excluding carboxylic acids is 1. The van der Waals surface area contributed by atoms with E-state index in [9.17, 15) is 9.59 Å². The topological polar surface area (TPSA) is 89.8 Å². The van der Waals surface area contributed by atoms with Crippen molar-refractivity contribution in [3.63, 3.8) is 0 Å². The van der Waals surface area contributed by atoms with E-state index in [1.165, 1.54) is 0 Å². The van der Waals surface area contributed by atoms with Crippen LogP contribution >= 0.6 is 0 Å². The summed E-state index contributed by atoms with van der Waals surface area (Å²) in [4.78, 5) is 40.2. The Morgan fingerprint density at radius 3 is 2.25 bits per heavy atom. The maximum absolute atomic E-state index is 14.3. The van der Waals surface area contributed by atoms with Crippen LogP contribution in [0.25, 0.3) is 28.7 Å². The SMILES string of the molecule is COc1cccc(/C=C/c2nc3ccc(N4CCN(C(=O)OC(C)(C)C)CC4)cc3c(=O)n2-c2cccc(C(C)(C)C)c2)n1. The number of carbonyl (C=O) groups is 1. The van der Waals surface area contributed by atoms with E-state index in [-0.39, 0.29) is 17.1 Å². The van der Waals surface area contributed by atoms with Crippen LogP contribution < -0.4 is 15.2 Å². The second-order valence-electron chi connectivity index (χ2n) is 13.0. The maximum atomic E-state index is 14.3. The highest BCUT2D eigenvalue weighted by molar-refractivity contribution is 5.84. The van der Waals surface area contributed by atoms with E-state index in [2.05, 4.69) is 42.8 Å². The molecule has 0 N–H and O–H groups in total. The first kappa shape index (κ1) is 30.8. The molecule has 230 valence electrons. The molecule has 2 aromatic carbocycles. The van der Waals surface area contributed by atoms with Gasteiger partial charge in [-0.2, -0.15) is 0 Å². The third-order valence-corrected chi connectivity index (χ3v) is 7.50. The summed E-state index contributed by atoms with van der Waals surface area (Å²) in [6.45, 7) is 14.4. The molecule has 1 saturated heterocycles. The van der Waals surface area contributed by atoms with Crippen molar-refractivity contribution in [2.45, 2.75) is 52.6 Å². The fourth-order valence-electron chi connectivity index (χ4n) is 5.13. The predicted molar refractivity (Wildman–Crippen MR) is 176 cm³/mol. The van der Waals surface area contributed by atoms with Crippen molar-refractivity contribution in [3.05, 3.63) is 88.1 Å². The second-order valence-corrected chi connectivity index (χ2v) is 13.0. The van der Waals surface area contributed by atoms with Crippen LogP contribution in [0.2, 0.25) is 0 Å². The molecular formula is C35H41N5O4. The van der Waals surface area contributed by atoms with E-state index < -0.39 is 5.60 Å². The number of hydrogen-bond acceptors (Lipinski definition) is 7. The number of methoxy groups -OCH3 is 1. The van der Waals surface area contributed by atoms with E-state index in [0.717, 1.165) is 16.9 Å². The smallest absolute Gasteiger partial charge is 0.410 e. The first-order valence-corrected chi connectivity index (χ1v) is 14.9. The summed E-state index contributed by atoms with van der Waals surface area (Å²) in [7, 11) is 1.58. The van der Waals surface area contributed by atoms with Crippen molar-refractivity contribution < 1.29 is 14.3 Å². The summed E-state index contributed by atoms with van der Waals surface area (Å²) in [5, 5.41) is 0.523. The van der Waals surface area contributed by atoms with Crippen LogP contribution in [0.5, 0.6) is 5.88 Å². The Kier molecular flexibility index (Phi) is 8.50. The average Bonchev–Trinajstić information content (AvgIpc) is 2.99. The van der Waals surface area contributed by atoms with Gasteiger partial charge in [-0.05, 0) is 80.3 Å². The molecule has 1 amide bonds. The van der Waals surface area contributed by atoms with E-state index in [4.69, 9.17) is 14.5 Å². The fraction of sp³-hybridized carbons (Fsp3) is 0.371. The minimum Gasteiger partial charge on any atom is -0.481 e. The molecule has 5 rings (SSSR count). The van der Waals surface area contributed by atoms with Gasteiger partial charge >= 0.3 is 6.09 Å². The van der Waals surface area contributed by atoms with E-state index in [1.54, 1.807) is 22.6 Å². The Balaban J connectivity index is 1.54. The van der Waals surface area contributed by atoms with Gasteiger partial charge in [-0.3, -0.25) is 9.36 Å².